The molecule has 0 atom stereocenters. The molecule has 0 fully saturated rings. The van der Waals surface area contributed by atoms with E-state index >= 15 is 0 Å². The Labute approximate surface area is 147 Å². The molecule has 2 aromatic carbocycles. The zero-order chi connectivity index (χ0) is 18.4. The highest BCUT2D eigenvalue weighted by atomic mass is 16.5. The van der Waals surface area contributed by atoms with Crippen LogP contribution >= 0.6 is 0 Å². The molecule has 25 heavy (non-hydrogen) atoms. The first-order valence-electron chi connectivity index (χ1n) is 7.76. The Hall–Kier alpha value is -2.89. The van der Waals surface area contributed by atoms with Gasteiger partial charge in [-0.1, -0.05) is 0 Å². The number of carbonyl (C=O) groups excluding carboxylic acids is 1. The summed E-state index contributed by atoms with van der Waals surface area (Å²) in [6, 6.07) is 8.91. The molecule has 0 saturated heterocycles. The molecular weight excluding hydrogens is 322 g/mol. The van der Waals surface area contributed by atoms with Crippen LogP contribution in [0.1, 0.15) is 21.5 Å². The van der Waals surface area contributed by atoms with E-state index in [4.69, 9.17) is 18.9 Å². The van der Waals surface area contributed by atoms with Crippen LogP contribution in [0.15, 0.2) is 30.3 Å². The summed E-state index contributed by atoms with van der Waals surface area (Å²) in [7, 11) is 6.26. The van der Waals surface area contributed by atoms with Crippen LogP contribution in [0.5, 0.6) is 23.0 Å². The highest BCUT2D eigenvalue weighted by Gasteiger charge is 2.16. The predicted molar refractivity (Wildman–Crippen MR) is 95.0 cm³/mol. The van der Waals surface area contributed by atoms with Crippen LogP contribution in [0.2, 0.25) is 0 Å². The number of rotatable bonds is 7. The Bertz CT molecular complexity index is 758. The number of aryl methyl sites for hydroxylation is 1. The fraction of sp³-hybridized carbons (Fsp3) is 0.316. The summed E-state index contributed by atoms with van der Waals surface area (Å²) in [5, 5.41) is 2.89. The maximum absolute atomic E-state index is 12.4. The smallest absolute Gasteiger partial charge is 0.251 e. The molecule has 0 saturated carbocycles. The van der Waals surface area contributed by atoms with Crippen LogP contribution in [-0.2, 0) is 6.54 Å². The number of benzene rings is 2. The Morgan fingerprint density at radius 3 is 2.08 bits per heavy atom. The topological polar surface area (TPSA) is 66.0 Å². The van der Waals surface area contributed by atoms with Gasteiger partial charge in [-0.25, -0.2) is 0 Å². The van der Waals surface area contributed by atoms with Crippen molar-refractivity contribution in [3.05, 3.63) is 47.0 Å². The van der Waals surface area contributed by atoms with Gasteiger partial charge in [-0.05, 0) is 42.8 Å². The zero-order valence-electron chi connectivity index (χ0n) is 15.1. The van der Waals surface area contributed by atoms with Crippen molar-refractivity contribution in [2.24, 2.45) is 0 Å². The third-order valence-electron chi connectivity index (χ3n) is 3.88. The molecule has 0 aliphatic heterocycles. The average molecular weight is 345 g/mol. The third kappa shape index (κ3) is 3.96. The van der Waals surface area contributed by atoms with Gasteiger partial charge in [-0.3, -0.25) is 4.79 Å². The highest BCUT2D eigenvalue weighted by molar-refractivity contribution is 5.94. The molecule has 0 aliphatic carbocycles. The third-order valence-corrected chi connectivity index (χ3v) is 3.88. The molecule has 6 heteroatoms. The summed E-state index contributed by atoms with van der Waals surface area (Å²) in [6.07, 6.45) is 0. The van der Waals surface area contributed by atoms with E-state index in [1.54, 1.807) is 52.7 Å². The molecule has 2 rings (SSSR count). The van der Waals surface area contributed by atoms with Gasteiger partial charge < -0.3 is 24.3 Å². The van der Waals surface area contributed by atoms with Gasteiger partial charge in [0.2, 0.25) is 5.75 Å². The maximum atomic E-state index is 12.4. The number of carbonyl (C=O) groups is 1. The first-order chi connectivity index (χ1) is 12.0. The second-order valence-electron chi connectivity index (χ2n) is 5.36. The van der Waals surface area contributed by atoms with Crippen LogP contribution in [0, 0.1) is 6.92 Å². The lowest BCUT2D eigenvalue weighted by Crippen LogP contribution is -2.23. The quantitative estimate of drug-likeness (QED) is 0.836. The molecule has 1 amide bonds. The maximum Gasteiger partial charge on any atom is 0.251 e. The molecule has 2 aromatic rings. The van der Waals surface area contributed by atoms with E-state index in [0.717, 1.165) is 16.9 Å². The molecule has 0 heterocycles. The van der Waals surface area contributed by atoms with Crippen LogP contribution < -0.4 is 24.3 Å². The van der Waals surface area contributed by atoms with Crippen LogP contribution in [0.4, 0.5) is 0 Å². The number of hydrogen-bond acceptors (Lipinski definition) is 5. The first-order valence-corrected chi connectivity index (χ1v) is 7.76. The van der Waals surface area contributed by atoms with E-state index < -0.39 is 0 Å². The average Bonchev–Trinajstić information content (AvgIpc) is 2.64. The number of hydrogen-bond donors (Lipinski definition) is 1. The number of amides is 1. The van der Waals surface area contributed by atoms with Gasteiger partial charge in [-0.15, -0.1) is 0 Å². The zero-order valence-corrected chi connectivity index (χ0v) is 15.1. The lowest BCUT2D eigenvalue weighted by molar-refractivity contribution is 0.0950. The van der Waals surface area contributed by atoms with Crippen LogP contribution in [0.25, 0.3) is 0 Å². The van der Waals surface area contributed by atoms with Gasteiger partial charge in [0.15, 0.2) is 11.5 Å². The van der Waals surface area contributed by atoms with E-state index in [2.05, 4.69) is 5.32 Å². The SMILES string of the molecule is COc1ccc(C(=O)NCc2ccc(OC)c(OC)c2OC)cc1C. The van der Waals surface area contributed by atoms with Crippen LogP contribution in [-0.4, -0.2) is 34.3 Å². The van der Waals surface area contributed by atoms with E-state index in [1.807, 2.05) is 13.0 Å². The van der Waals surface area contributed by atoms with Gasteiger partial charge in [0.25, 0.3) is 5.91 Å². The lowest BCUT2D eigenvalue weighted by Gasteiger charge is -2.16. The van der Waals surface area contributed by atoms with E-state index in [-0.39, 0.29) is 5.91 Å². The van der Waals surface area contributed by atoms with Gasteiger partial charge in [0.1, 0.15) is 5.75 Å². The normalized spacial score (nSPS) is 10.1. The summed E-state index contributed by atoms with van der Waals surface area (Å²) in [5.41, 5.74) is 2.26. The first kappa shape index (κ1) is 18.4. The molecule has 134 valence electrons. The summed E-state index contributed by atoms with van der Waals surface area (Å²) >= 11 is 0. The molecule has 0 aliphatic rings. The molecule has 0 bridgehead atoms. The lowest BCUT2D eigenvalue weighted by atomic mass is 10.1. The molecule has 0 aromatic heterocycles. The number of ether oxygens (including phenoxy) is 4. The van der Waals surface area contributed by atoms with Crippen molar-refractivity contribution in [2.45, 2.75) is 13.5 Å². The standard InChI is InChI=1S/C19H23NO5/c1-12-10-13(6-8-15(12)22-2)19(21)20-11-14-7-9-16(23-3)18(25-5)17(14)24-4/h6-10H,11H2,1-5H3,(H,20,21). The van der Waals surface area contributed by atoms with Crippen molar-refractivity contribution >= 4 is 5.91 Å². The van der Waals surface area contributed by atoms with Crippen molar-refractivity contribution in [3.8, 4) is 23.0 Å². The number of methoxy groups -OCH3 is 4. The van der Waals surface area contributed by atoms with E-state index in [9.17, 15) is 4.79 Å². The van der Waals surface area contributed by atoms with Crippen molar-refractivity contribution < 1.29 is 23.7 Å². The highest BCUT2D eigenvalue weighted by Crippen LogP contribution is 2.39. The largest absolute Gasteiger partial charge is 0.496 e. The molecule has 6 nitrogen and oxygen atoms in total. The van der Waals surface area contributed by atoms with E-state index in [0.29, 0.717) is 29.4 Å². The minimum atomic E-state index is -0.178. The van der Waals surface area contributed by atoms with E-state index in [1.165, 1.54) is 0 Å². The summed E-state index contributed by atoms with van der Waals surface area (Å²) in [5.74, 6) is 2.17. The Morgan fingerprint density at radius 1 is 0.880 bits per heavy atom. The molecule has 0 unspecified atom stereocenters. The second kappa shape index (κ2) is 8.28. The van der Waals surface area contributed by atoms with Gasteiger partial charge in [0.05, 0.1) is 28.4 Å². The molecular formula is C19H23NO5. The second-order valence-corrected chi connectivity index (χ2v) is 5.36. The number of nitrogens with one attached hydrogen (secondary N) is 1. The fourth-order valence-corrected chi connectivity index (χ4v) is 2.60. The molecule has 1 N–H and O–H groups in total. The fourth-order valence-electron chi connectivity index (χ4n) is 2.60. The van der Waals surface area contributed by atoms with Crippen molar-refractivity contribution in [1.82, 2.24) is 5.32 Å². The van der Waals surface area contributed by atoms with Gasteiger partial charge >= 0.3 is 0 Å². The Morgan fingerprint density at radius 2 is 1.52 bits per heavy atom. The van der Waals surface area contributed by atoms with Crippen molar-refractivity contribution in [2.75, 3.05) is 28.4 Å². The molecule has 0 spiro atoms. The Kier molecular flexibility index (Phi) is 6.11. The molecule has 0 radical (unpaired) electrons. The monoisotopic (exact) mass is 345 g/mol. The van der Waals surface area contributed by atoms with Gasteiger partial charge in [0, 0.05) is 17.7 Å². The van der Waals surface area contributed by atoms with Crippen LogP contribution in [0.3, 0.4) is 0 Å². The summed E-state index contributed by atoms with van der Waals surface area (Å²) in [6.45, 7) is 2.19. The predicted octanol–water partition coefficient (Wildman–Crippen LogP) is 2.96. The van der Waals surface area contributed by atoms with Crippen molar-refractivity contribution in [1.29, 1.82) is 0 Å². The van der Waals surface area contributed by atoms with Crippen molar-refractivity contribution in [3.63, 3.8) is 0 Å². The summed E-state index contributed by atoms with van der Waals surface area (Å²) in [4.78, 5) is 12.4. The minimum absolute atomic E-state index is 0.178. The minimum Gasteiger partial charge on any atom is -0.496 e. The summed E-state index contributed by atoms with van der Waals surface area (Å²) < 4.78 is 21.3. The Balaban J connectivity index is 2.18. The van der Waals surface area contributed by atoms with Gasteiger partial charge in [-0.2, -0.15) is 0 Å².